The monoisotopic (exact) mass is 291 g/mol. The summed E-state index contributed by atoms with van der Waals surface area (Å²) in [5.41, 5.74) is 0.840. The molecule has 0 aliphatic carbocycles. The smallest absolute Gasteiger partial charge is 0.272 e. The molecule has 0 N–H and O–H groups in total. The predicted molar refractivity (Wildman–Crippen MR) is 83.4 cm³/mol. The molecule has 0 aliphatic rings. The highest BCUT2D eigenvalue weighted by Gasteiger charge is 2.17. The van der Waals surface area contributed by atoms with Crippen molar-refractivity contribution in [2.24, 2.45) is 0 Å². The van der Waals surface area contributed by atoms with E-state index < -0.39 is 0 Å². The molecular formula is C16H25N3O2. The summed E-state index contributed by atoms with van der Waals surface area (Å²) in [7, 11) is 1.76. The van der Waals surface area contributed by atoms with Gasteiger partial charge in [0.2, 0.25) is 0 Å². The summed E-state index contributed by atoms with van der Waals surface area (Å²) in [5.74, 6) is -0.203. The average molecular weight is 291 g/mol. The van der Waals surface area contributed by atoms with Gasteiger partial charge < -0.3 is 9.80 Å². The molecule has 0 saturated carbocycles. The van der Waals surface area contributed by atoms with Gasteiger partial charge in [-0.3, -0.25) is 14.6 Å². The van der Waals surface area contributed by atoms with Gasteiger partial charge in [-0.1, -0.05) is 13.3 Å². The fourth-order valence-electron chi connectivity index (χ4n) is 2.07. The Morgan fingerprint density at radius 2 is 1.81 bits per heavy atom. The van der Waals surface area contributed by atoms with E-state index in [2.05, 4.69) is 11.9 Å². The third-order valence-corrected chi connectivity index (χ3v) is 3.47. The number of pyridine rings is 1. The summed E-state index contributed by atoms with van der Waals surface area (Å²) < 4.78 is 0. The van der Waals surface area contributed by atoms with Crippen molar-refractivity contribution in [3.05, 3.63) is 29.6 Å². The Balaban J connectivity index is 2.90. The molecule has 1 rings (SSSR count). The van der Waals surface area contributed by atoms with Crippen LogP contribution in [0.25, 0.3) is 0 Å². The standard InChI is InChI=1S/C16H25N3O2/c1-5-8-11-18(4)16(21)14-12-13(9-10-17-14)15(20)19(6-2)7-3/h9-10,12H,5-8,11H2,1-4H3. The number of rotatable bonds is 7. The fraction of sp³-hybridized carbons (Fsp3) is 0.562. The summed E-state index contributed by atoms with van der Waals surface area (Å²) in [6.45, 7) is 7.96. The second kappa shape index (κ2) is 8.39. The number of hydrogen-bond acceptors (Lipinski definition) is 3. The van der Waals surface area contributed by atoms with Crippen LogP contribution in [0.4, 0.5) is 0 Å². The van der Waals surface area contributed by atoms with E-state index in [1.54, 1.807) is 29.0 Å². The zero-order chi connectivity index (χ0) is 15.8. The quantitative estimate of drug-likeness (QED) is 0.775. The van der Waals surface area contributed by atoms with Gasteiger partial charge in [0, 0.05) is 38.4 Å². The predicted octanol–water partition coefficient (Wildman–Crippen LogP) is 2.44. The highest BCUT2D eigenvalue weighted by molar-refractivity contribution is 5.98. The molecule has 0 bridgehead atoms. The molecule has 5 nitrogen and oxygen atoms in total. The minimum Gasteiger partial charge on any atom is -0.340 e. The van der Waals surface area contributed by atoms with Crippen LogP contribution in [-0.2, 0) is 0 Å². The Morgan fingerprint density at radius 3 is 2.38 bits per heavy atom. The van der Waals surface area contributed by atoms with Crippen LogP contribution in [-0.4, -0.2) is 53.3 Å². The molecular weight excluding hydrogens is 266 g/mol. The van der Waals surface area contributed by atoms with Gasteiger partial charge in [0.15, 0.2) is 0 Å². The van der Waals surface area contributed by atoms with Crippen LogP contribution in [0.2, 0.25) is 0 Å². The summed E-state index contributed by atoms with van der Waals surface area (Å²) in [4.78, 5) is 32.0. The summed E-state index contributed by atoms with van der Waals surface area (Å²) >= 11 is 0. The highest BCUT2D eigenvalue weighted by Crippen LogP contribution is 2.08. The van der Waals surface area contributed by atoms with Crippen molar-refractivity contribution in [3.8, 4) is 0 Å². The van der Waals surface area contributed by atoms with Crippen LogP contribution in [0.15, 0.2) is 18.3 Å². The summed E-state index contributed by atoms with van der Waals surface area (Å²) in [6, 6.07) is 3.24. The topological polar surface area (TPSA) is 53.5 Å². The molecule has 21 heavy (non-hydrogen) atoms. The third-order valence-electron chi connectivity index (χ3n) is 3.47. The van der Waals surface area contributed by atoms with E-state index in [1.807, 2.05) is 13.8 Å². The Kier molecular flexibility index (Phi) is 6.85. The molecule has 0 aliphatic heterocycles. The van der Waals surface area contributed by atoms with Gasteiger partial charge >= 0.3 is 0 Å². The van der Waals surface area contributed by atoms with Gasteiger partial charge in [-0.05, 0) is 32.4 Å². The zero-order valence-corrected chi connectivity index (χ0v) is 13.4. The van der Waals surface area contributed by atoms with Gasteiger partial charge in [-0.15, -0.1) is 0 Å². The van der Waals surface area contributed by atoms with E-state index in [9.17, 15) is 9.59 Å². The Morgan fingerprint density at radius 1 is 1.14 bits per heavy atom. The average Bonchev–Trinajstić information content (AvgIpc) is 2.53. The number of aromatic nitrogens is 1. The Labute approximate surface area is 127 Å². The molecule has 1 heterocycles. The second-order valence-corrected chi connectivity index (χ2v) is 4.99. The molecule has 1 aromatic rings. The lowest BCUT2D eigenvalue weighted by Gasteiger charge is -2.19. The van der Waals surface area contributed by atoms with Crippen molar-refractivity contribution in [2.75, 3.05) is 26.7 Å². The molecule has 0 unspecified atom stereocenters. The summed E-state index contributed by atoms with van der Waals surface area (Å²) in [5, 5.41) is 0. The van der Waals surface area contributed by atoms with Crippen molar-refractivity contribution in [3.63, 3.8) is 0 Å². The Hall–Kier alpha value is -1.91. The van der Waals surface area contributed by atoms with Gasteiger partial charge in [-0.2, -0.15) is 0 Å². The first kappa shape index (κ1) is 17.1. The first-order valence-electron chi connectivity index (χ1n) is 7.55. The van der Waals surface area contributed by atoms with Crippen LogP contribution < -0.4 is 0 Å². The molecule has 5 heteroatoms. The molecule has 0 spiro atoms. The lowest BCUT2D eigenvalue weighted by Crippen LogP contribution is -2.31. The molecule has 1 aromatic heterocycles. The summed E-state index contributed by atoms with van der Waals surface area (Å²) in [6.07, 6.45) is 3.52. The van der Waals surface area contributed by atoms with E-state index in [4.69, 9.17) is 0 Å². The fourth-order valence-corrected chi connectivity index (χ4v) is 2.07. The molecule has 0 fully saturated rings. The number of unbranched alkanes of at least 4 members (excludes halogenated alkanes) is 1. The molecule has 0 aromatic carbocycles. The maximum atomic E-state index is 12.3. The number of nitrogens with zero attached hydrogens (tertiary/aromatic N) is 3. The molecule has 2 amide bonds. The zero-order valence-electron chi connectivity index (χ0n) is 13.4. The van der Waals surface area contributed by atoms with Crippen LogP contribution >= 0.6 is 0 Å². The van der Waals surface area contributed by atoms with Crippen LogP contribution in [0.1, 0.15) is 54.5 Å². The van der Waals surface area contributed by atoms with Crippen molar-refractivity contribution >= 4 is 11.8 Å². The number of hydrogen-bond donors (Lipinski definition) is 0. The maximum absolute atomic E-state index is 12.3. The molecule has 0 saturated heterocycles. The van der Waals surface area contributed by atoms with Crippen LogP contribution in [0, 0.1) is 0 Å². The molecule has 0 radical (unpaired) electrons. The van der Waals surface area contributed by atoms with Crippen molar-refractivity contribution < 1.29 is 9.59 Å². The first-order valence-corrected chi connectivity index (χ1v) is 7.55. The SMILES string of the molecule is CCCCN(C)C(=O)c1cc(C(=O)N(CC)CC)ccn1. The number of carbonyl (C=O) groups is 2. The van der Waals surface area contributed by atoms with Gasteiger partial charge in [0.1, 0.15) is 5.69 Å². The number of carbonyl (C=O) groups excluding carboxylic acids is 2. The van der Waals surface area contributed by atoms with E-state index in [0.717, 1.165) is 12.8 Å². The van der Waals surface area contributed by atoms with Crippen molar-refractivity contribution in [2.45, 2.75) is 33.6 Å². The Bertz CT molecular complexity index is 484. The van der Waals surface area contributed by atoms with Crippen molar-refractivity contribution in [1.29, 1.82) is 0 Å². The van der Waals surface area contributed by atoms with E-state index in [1.165, 1.54) is 6.20 Å². The highest BCUT2D eigenvalue weighted by atomic mass is 16.2. The lowest BCUT2D eigenvalue weighted by molar-refractivity contribution is 0.0772. The van der Waals surface area contributed by atoms with Crippen LogP contribution in [0.3, 0.4) is 0 Å². The molecule has 116 valence electrons. The third kappa shape index (κ3) is 4.55. The van der Waals surface area contributed by atoms with E-state index in [0.29, 0.717) is 30.9 Å². The minimum absolute atomic E-state index is 0.0624. The van der Waals surface area contributed by atoms with Crippen LogP contribution in [0.5, 0.6) is 0 Å². The van der Waals surface area contributed by atoms with Gasteiger partial charge in [-0.25, -0.2) is 0 Å². The van der Waals surface area contributed by atoms with Gasteiger partial charge in [0.25, 0.3) is 11.8 Å². The second-order valence-electron chi connectivity index (χ2n) is 4.99. The van der Waals surface area contributed by atoms with E-state index in [-0.39, 0.29) is 11.8 Å². The lowest BCUT2D eigenvalue weighted by atomic mass is 10.2. The van der Waals surface area contributed by atoms with E-state index >= 15 is 0 Å². The largest absolute Gasteiger partial charge is 0.340 e. The maximum Gasteiger partial charge on any atom is 0.272 e. The minimum atomic E-state index is -0.141. The number of amides is 2. The first-order chi connectivity index (χ1) is 10.0. The molecule has 0 atom stereocenters. The van der Waals surface area contributed by atoms with Crippen molar-refractivity contribution in [1.82, 2.24) is 14.8 Å². The normalized spacial score (nSPS) is 10.3. The van der Waals surface area contributed by atoms with Gasteiger partial charge in [0.05, 0.1) is 0 Å².